The van der Waals surface area contributed by atoms with E-state index in [0.717, 1.165) is 5.82 Å². The Bertz CT molecular complexity index is 643. The first-order chi connectivity index (χ1) is 9.47. The van der Waals surface area contributed by atoms with Gasteiger partial charge in [0.05, 0.1) is 11.0 Å². The minimum absolute atomic E-state index is 0.568. The molecular weight excluding hydrogens is 244 g/mol. The molecule has 108 valence electrons. The zero-order chi connectivity index (χ0) is 14.9. The highest BCUT2D eigenvalue weighted by Crippen LogP contribution is 2.30. The summed E-state index contributed by atoms with van der Waals surface area (Å²) in [6.45, 7) is 11.0. The van der Waals surface area contributed by atoms with Crippen LogP contribution in [-0.2, 0) is 7.05 Å². The second-order valence-corrected chi connectivity index (χ2v) is 6.02. The minimum Gasteiger partial charge on any atom is -0.327 e. The van der Waals surface area contributed by atoms with Crippen molar-refractivity contribution < 1.29 is 0 Å². The predicted octanol–water partition coefficient (Wildman–Crippen LogP) is 5.29. The summed E-state index contributed by atoms with van der Waals surface area (Å²) in [5, 5.41) is 0. The first-order valence-electron chi connectivity index (χ1n) is 7.57. The Balaban J connectivity index is 2.65. The van der Waals surface area contributed by atoms with Crippen molar-refractivity contribution in [2.24, 2.45) is 7.05 Å². The van der Waals surface area contributed by atoms with Crippen LogP contribution in [0.2, 0.25) is 0 Å². The van der Waals surface area contributed by atoms with Crippen LogP contribution in [0.25, 0.3) is 16.6 Å². The average Bonchev–Trinajstić information content (AvgIpc) is 2.75. The number of fused-ring (bicyclic) bond motifs is 1. The van der Waals surface area contributed by atoms with Crippen LogP contribution >= 0.6 is 0 Å². The number of para-hydroxylation sites is 1. The molecule has 2 heteroatoms. The maximum Gasteiger partial charge on any atom is 0.136 e. The summed E-state index contributed by atoms with van der Waals surface area (Å²) in [4.78, 5) is 4.94. The Kier molecular flexibility index (Phi) is 4.32. The van der Waals surface area contributed by atoms with Gasteiger partial charge in [0.1, 0.15) is 5.82 Å². The molecule has 0 aliphatic rings. The molecule has 0 N–H and O–H groups in total. The van der Waals surface area contributed by atoms with Crippen LogP contribution in [0, 0.1) is 0 Å². The molecule has 0 amide bonds. The summed E-state index contributed by atoms with van der Waals surface area (Å²) in [6, 6.07) is 6.57. The van der Waals surface area contributed by atoms with Gasteiger partial charge >= 0.3 is 0 Å². The second kappa shape index (κ2) is 5.82. The highest BCUT2D eigenvalue weighted by molar-refractivity contribution is 5.83. The van der Waals surface area contributed by atoms with Crippen LogP contribution < -0.4 is 0 Å². The summed E-state index contributed by atoms with van der Waals surface area (Å²) in [5.74, 6) is 1.66. The summed E-state index contributed by atoms with van der Waals surface area (Å²) in [5.41, 5.74) is 6.39. The molecular formula is C18H26N2. The number of rotatable bonds is 4. The van der Waals surface area contributed by atoms with Gasteiger partial charge in [0.15, 0.2) is 0 Å². The zero-order valence-corrected chi connectivity index (χ0v) is 13.6. The fourth-order valence-electron chi connectivity index (χ4n) is 2.78. The van der Waals surface area contributed by atoms with Gasteiger partial charge in [-0.05, 0) is 50.3 Å². The normalized spacial score (nSPS) is 12.7. The smallest absolute Gasteiger partial charge is 0.136 e. The van der Waals surface area contributed by atoms with Crippen LogP contribution in [0.3, 0.4) is 0 Å². The first kappa shape index (κ1) is 14.8. The molecule has 0 bridgehead atoms. The molecule has 0 fully saturated rings. The van der Waals surface area contributed by atoms with Gasteiger partial charge in [-0.15, -0.1) is 0 Å². The Morgan fingerprint density at radius 1 is 1.25 bits per heavy atom. The van der Waals surface area contributed by atoms with Crippen LogP contribution in [0.1, 0.15) is 64.8 Å². The van der Waals surface area contributed by atoms with E-state index in [9.17, 15) is 0 Å². The number of imidazole rings is 1. The molecule has 0 aliphatic carbocycles. The number of aryl methyl sites for hydroxylation is 1. The van der Waals surface area contributed by atoms with Gasteiger partial charge in [0, 0.05) is 7.05 Å². The topological polar surface area (TPSA) is 17.8 Å². The molecule has 1 unspecified atom stereocenters. The van der Waals surface area contributed by atoms with E-state index in [0.29, 0.717) is 5.92 Å². The third kappa shape index (κ3) is 2.52. The van der Waals surface area contributed by atoms with Gasteiger partial charge in [-0.25, -0.2) is 4.98 Å². The van der Waals surface area contributed by atoms with E-state index in [-0.39, 0.29) is 0 Å². The number of nitrogens with zero attached hydrogens (tertiary/aromatic N) is 2. The molecule has 20 heavy (non-hydrogen) atoms. The number of benzene rings is 1. The van der Waals surface area contributed by atoms with Gasteiger partial charge in [-0.1, -0.05) is 38.0 Å². The molecule has 1 aromatic carbocycles. The number of allylic oxidation sites excluding steroid dienone is 2. The van der Waals surface area contributed by atoms with E-state index >= 15 is 0 Å². The third-order valence-electron chi connectivity index (χ3n) is 4.28. The van der Waals surface area contributed by atoms with Gasteiger partial charge in [-0.2, -0.15) is 0 Å². The van der Waals surface area contributed by atoms with E-state index in [4.69, 9.17) is 4.98 Å². The molecule has 0 saturated heterocycles. The molecule has 1 atom stereocenters. The number of hydrogen-bond acceptors (Lipinski definition) is 1. The van der Waals surface area contributed by atoms with Crippen molar-refractivity contribution in [2.75, 3.05) is 0 Å². The zero-order valence-electron chi connectivity index (χ0n) is 13.6. The van der Waals surface area contributed by atoms with Crippen molar-refractivity contribution in [3.63, 3.8) is 0 Å². The molecule has 2 rings (SSSR count). The standard InChI is InChI=1S/C18H26N2/c1-7-9-13(4)15-10-8-11-16-17(15)19-18(20(16)6)14(5)12(2)3/h8,10-11,13H,7,9H2,1-6H3. The van der Waals surface area contributed by atoms with Gasteiger partial charge in [-0.3, -0.25) is 0 Å². The summed E-state index contributed by atoms with van der Waals surface area (Å²) >= 11 is 0. The van der Waals surface area contributed by atoms with Crippen molar-refractivity contribution in [1.29, 1.82) is 0 Å². The van der Waals surface area contributed by atoms with Crippen LogP contribution in [0.5, 0.6) is 0 Å². The van der Waals surface area contributed by atoms with E-state index in [1.807, 2.05) is 0 Å². The lowest BCUT2D eigenvalue weighted by Gasteiger charge is -2.10. The summed E-state index contributed by atoms with van der Waals surface area (Å²) < 4.78 is 2.22. The fraction of sp³-hybridized carbons (Fsp3) is 0.500. The van der Waals surface area contributed by atoms with Crippen molar-refractivity contribution in [3.8, 4) is 0 Å². The van der Waals surface area contributed by atoms with E-state index in [1.54, 1.807) is 0 Å². The molecule has 0 radical (unpaired) electrons. The Hall–Kier alpha value is -1.57. The van der Waals surface area contributed by atoms with Crippen molar-refractivity contribution in [3.05, 3.63) is 35.2 Å². The monoisotopic (exact) mass is 270 g/mol. The molecule has 1 heterocycles. The van der Waals surface area contributed by atoms with Crippen molar-refractivity contribution in [2.45, 2.75) is 53.4 Å². The summed E-state index contributed by atoms with van der Waals surface area (Å²) in [6.07, 6.45) is 2.43. The van der Waals surface area contributed by atoms with Gasteiger partial charge < -0.3 is 4.57 Å². The SMILES string of the molecule is CCCC(C)c1cccc2c1nc(C(C)=C(C)C)n2C. The van der Waals surface area contributed by atoms with Crippen LogP contribution in [0.4, 0.5) is 0 Å². The summed E-state index contributed by atoms with van der Waals surface area (Å²) in [7, 11) is 2.12. The van der Waals surface area contributed by atoms with Gasteiger partial charge in [0.2, 0.25) is 0 Å². The highest BCUT2D eigenvalue weighted by atomic mass is 15.1. The molecule has 0 aliphatic heterocycles. The Morgan fingerprint density at radius 3 is 2.55 bits per heavy atom. The largest absolute Gasteiger partial charge is 0.327 e. The van der Waals surface area contributed by atoms with E-state index in [2.05, 4.69) is 64.4 Å². The highest BCUT2D eigenvalue weighted by Gasteiger charge is 2.15. The lowest BCUT2D eigenvalue weighted by Crippen LogP contribution is -1.96. The van der Waals surface area contributed by atoms with E-state index in [1.165, 1.54) is 40.6 Å². The number of hydrogen-bond donors (Lipinski definition) is 0. The van der Waals surface area contributed by atoms with E-state index < -0.39 is 0 Å². The molecule has 0 saturated carbocycles. The van der Waals surface area contributed by atoms with Crippen LogP contribution in [-0.4, -0.2) is 9.55 Å². The lowest BCUT2D eigenvalue weighted by molar-refractivity contribution is 0.668. The minimum atomic E-state index is 0.568. The Morgan fingerprint density at radius 2 is 1.95 bits per heavy atom. The second-order valence-electron chi connectivity index (χ2n) is 6.02. The molecule has 2 nitrogen and oxygen atoms in total. The van der Waals surface area contributed by atoms with Crippen LogP contribution in [0.15, 0.2) is 23.8 Å². The maximum absolute atomic E-state index is 4.94. The fourth-order valence-corrected chi connectivity index (χ4v) is 2.78. The third-order valence-corrected chi connectivity index (χ3v) is 4.28. The predicted molar refractivity (Wildman–Crippen MR) is 88.0 cm³/mol. The van der Waals surface area contributed by atoms with Gasteiger partial charge in [0.25, 0.3) is 0 Å². The van der Waals surface area contributed by atoms with Crippen molar-refractivity contribution in [1.82, 2.24) is 9.55 Å². The first-order valence-corrected chi connectivity index (χ1v) is 7.57. The maximum atomic E-state index is 4.94. The quantitative estimate of drug-likeness (QED) is 0.738. The molecule has 2 aromatic rings. The Labute approximate surface area is 122 Å². The number of aromatic nitrogens is 2. The molecule has 1 aromatic heterocycles. The molecule has 0 spiro atoms. The average molecular weight is 270 g/mol. The van der Waals surface area contributed by atoms with Crippen molar-refractivity contribution >= 4 is 16.6 Å². The lowest BCUT2D eigenvalue weighted by atomic mass is 9.95.